The lowest BCUT2D eigenvalue weighted by atomic mass is 10.3. The summed E-state index contributed by atoms with van der Waals surface area (Å²) in [6.45, 7) is 2.38. The van der Waals surface area contributed by atoms with Gasteiger partial charge in [-0.25, -0.2) is 14.8 Å². The molecule has 104 valence electrons. The topological polar surface area (TPSA) is 78.8 Å². The molecule has 1 fully saturated rings. The zero-order valence-electron chi connectivity index (χ0n) is 10.5. The number of aromatic nitrogens is 2. The molecule has 1 amide bonds. The van der Waals surface area contributed by atoms with Gasteiger partial charge in [-0.05, 0) is 0 Å². The first-order chi connectivity index (χ1) is 9.10. The first-order valence-electron chi connectivity index (χ1n) is 5.85. The van der Waals surface area contributed by atoms with E-state index in [1.165, 1.54) is 4.90 Å². The maximum atomic E-state index is 10.8. The number of ether oxygens (including phenoxy) is 1. The number of hydrogen-bond acceptors (Lipinski definition) is 5. The number of anilines is 1. The van der Waals surface area contributed by atoms with Crippen LogP contribution >= 0.6 is 11.6 Å². The Kier molecular flexibility index (Phi) is 4.39. The van der Waals surface area contributed by atoms with Crippen LogP contribution in [0.25, 0.3) is 0 Å². The maximum absolute atomic E-state index is 10.8. The summed E-state index contributed by atoms with van der Waals surface area (Å²) >= 11 is 5.95. The van der Waals surface area contributed by atoms with Crippen molar-refractivity contribution in [2.45, 2.75) is 6.61 Å². The van der Waals surface area contributed by atoms with Crippen molar-refractivity contribution in [2.24, 2.45) is 0 Å². The van der Waals surface area contributed by atoms with Crippen LogP contribution in [0, 0.1) is 0 Å². The molecule has 1 saturated heterocycles. The molecule has 1 aromatic rings. The second kappa shape index (κ2) is 6.03. The van der Waals surface area contributed by atoms with E-state index >= 15 is 0 Å². The van der Waals surface area contributed by atoms with Crippen molar-refractivity contribution < 1.29 is 14.6 Å². The first kappa shape index (κ1) is 13.8. The fourth-order valence-corrected chi connectivity index (χ4v) is 2.13. The summed E-state index contributed by atoms with van der Waals surface area (Å²) in [4.78, 5) is 22.6. The predicted octanol–water partition coefficient (Wildman–Crippen LogP) is 1.08. The number of piperazine rings is 1. The summed E-state index contributed by atoms with van der Waals surface area (Å²) in [5.41, 5.74) is 0. The van der Waals surface area contributed by atoms with Crippen molar-refractivity contribution in [2.75, 3.05) is 38.2 Å². The molecule has 0 aliphatic carbocycles. The van der Waals surface area contributed by atoms with Gasteiger partial charge < -0.3 is 19.6 Å². The fraction of sp³-hybridized carbons (Fsp3) is 0.545. The smallest absolute Gasteiger partial charge is 0.407 e. The fourth-order valence-electron chi connectivity index (χ4n) is 1.93. The van der Waals surface area contributed by atoms with Gasteiger partial charge in [-0.2, -0.15) is 0 Å². The molecule has 0 radical (unpaired) electrons. The van der Waals surface area contributed by atoms with Gasteiger partial charge in [-0.3, -0.25) is 0 Å². The summed E-state index contributed by atoms with van der Waals surface area (Å²) in [5, 5.41) is 9.26. The molecule has 19 heavy (non-hydrogen) atoms. The van der Waals surface area contributed by atoms with Crippen LogP contribution in [0.15, 0.2) is 6.07 Å². The summed E-state index contributed by atoms with van der Waals surface area (Å²) in [7, 11) is 1.57. The van der Waals surface area contributed by atoms with Crippen molar-refractivity contribution in [3.05, 3.63) is 17.0 Å². The third-order valence-corrected chi connectivity index (χ3v) is 3.07. The van der Waals surface area contributed by atoms with Crippen LogP contribution in [0.5, 0.6) is 0 Å². The first-order valence-corrected chi connectivity index (χ1v) is 6.23. The number of halogens is 1. The zero-order chi connectivity index (χ0) is 13.8. The van der Waals surface area contributed by atoms with Crippen LogP contribution in [0.3, 0.4) is 0 Å². The van der Waals surface area contributed by atoms with Gasteiger partial charge >= 0.3 is 6.09 Å². The molecule has 0 spiro atoms. The quantitative estimate of drug-likeness (QED) is 0.838. The Labute approximate surface area is 115 Å². The maximum Gasteiger partial charge on any atom is 0.407 e. The number of hydrogen-bond donors (Lipinski definition) is 1. The lowest BCUT2D eigenvalue weighted by Gasteiger charge is -2.33. The third kappa shape index (κ3) is 3.45. The van der Waals surface area contributed by atoms with Gasteiger partial charge in [0.1, 0.15) is 17.6 Å². The number of carbonyl (C=O) groups is 1. The summed E-state index contributed by atoms with van der Waals surface area (Å²) < 4.78 is 4.99. The standard InChI is InChI=1S/C11H15ClN4O3/c1-19-7-9-13-8(12)6-10(14-9)15-2-4-16(5-3-15)11(17)18/h6H,2-5,7H2,1H3,(H,17,18). The highest BCUT2D eigenvalue weighted by Crippen LogP contribution is 2.18. The highest BCUT2D eigenvalue weighted by atomic mass is 35.5. The van der Waals surface area contributed by atoms with Gasteiger partial charge in [0.05, 0.1) is 0 Å². The van der Waals surface area contributed by atoms with Crippen molar-refractivity contribution in [1.29, 1.82) is 0 Å². The van der Waals surface area contributed by atoms with E-state index in [2.05, 4.69) is 9.97 Å². The van der Waals surface area contributed by atoms with Crippen LogP contribution in [-0.4, -0.2) is 59.4 Å². The Morgan fingerprint density at radius 2 is 2.11 bits per heavy atom. The van der Waals surface area contributed by atoms with Gasteiger partial charge in [0, 0.05) is 39.4 Å². The zero-order valence-corrected chi connectivity index (χ0v) is 11.3. The molecule has 7 nitrogen and oxygen atoms in total. The van der Waals surface area contributed by atoms with E-state index < -0.39 is 6.09 Å². The lowest BCUT2D eigenvalue weighted by molar-refractivity contribution is 0.142. The number of carboxylic acid groups (broad SMARTS) is 1. The molecule has 0 aromatic carbocycles. The van der Waals surface area contributed by atoms with Gasteiger partial charge in [0.15, 0.2) is 5.82 Å². The van der Waals surface area contributed by atoms with Crippen LogP contribution in [0.2, 0.25) is 5.15 Å². The molecular formula is C11H15ClN4O3. The molecule has 2 rings (SSSR count). The molecule has 0 saturated carbocycles. The summed E-state index contributed by atoms with van der Waals surface area (Å²) in [6, 6.07) is 1.68. The number of rotatable bonds is 3. The molecule has 1 aliphatic heterocycles. The van der Waals surface area contributed by atoms with E-state index in [-0.39, 0.29) is 0 Å². The molecule has 1 aliphatic rings. The molecule has 1 N–H and O–H groups in total. The molecule has 2 heterocycles. The van der Waals surface area contributed by atoms with Crippen LogP contribution in [0.1, 0.15) is 5.82 Å². The summed E-state index contributed by atoms with van der Waals surface area (Å²) in [6.07, 6.45) is -0.888. The molecule has 8 heteroatoms. The molecule has 1 aromatic heterocycles. The normalized spacial score (nSPS) is 15.7. The Balaban J connectivity index is 2.08. The minimum absolute atomic E-state index is 0.294. The Hall–Kier alpha value is -1.60. The Bertz CT molecular complexity index is 463. The van der Waals surface area contributed by atoms with Crippen LogP contribution < -0.4 is 4.90 Å². The van der Waals surface area contributed by atoms with Gasteiger partial charge in [0.25, 0.3) is 0 Å². The van der Waals surface area contributed by atoms with Crippen molar-refractivity contribution in [3.8, 4) is 0 Å². The molecule has 0 unspecified atom stereocenters. The van der Waals surface area contributed by atoms with Crippen molar-refractivity contribution in [3.63, 3.8) is 0 Å². The lowest BCUT2D eigenvalue weighted by Crippen LogP contribution is -2.48. The Morgan fingerprint density at radius 1 is 1.42 bits per heavy atom. The minimum Gasteiger partial charge on any atom is -0.465 e. The minimum atomic E-state index is -0.888. The molecular weight excluding hydrogens is 272 g/mol. The summed E-state index contributed by atoms with van der Waals surface area (Å²) in [5.74, 6) is 1.22. The number of methoxy groups -OCH3 is 1. The monoisotopic (exact) mass is 286 g/mol. The van der Waals surface area contributed by atoms with Crippen molar-refractivity contribution >= 4 is 23.5 Å². The van der Waals surface area contributed by atoms with Gasteiger partial charge in [-0.1, -0.05) is 11.6 Å². The highest BCUT2D eigenvalue weighted by molar-refractivity contribution is 6.29. The predicted molar refractivity (Wildman–Crippen MR) is 69.6 cm³/mol. The van der Waals surface area contributed by atoms with E-state index in [1.807, 2.05) is 4.90 Å². The van der Waals surface area contributed by atoms with E-state index in [9.17, 15) is 4.79 Å². The van der Waals surface area contributed by atoms with Gasteiger partial charge in [0.2, 0.25) is 0 Å². The van der Waals surface area contributed by atoms with E-state index in [1.54, 1.807) is 13.2 Å². The third-order valence-electron chi connectivity index (χ3n) is 2.88. The average Bonchev–Trinajstić information content (AvgIpc) is 2.38. The van der Waals surface area contributed by atoms with Gasteiger partial charge in [-0.15, -0.1) is 0 Å². The van der Waals surface area contributed by atoms with Crippen LogP contribution in [0.4, 0.5) is 10.6 Å². The average molecular weight is 287 g/mol. The van der Waals surface area contributed by atoms with E-state index in [0.717, 1.165) is 0 Å². The van der Waals surface area contributed by atoms with E-state index in [0.29, 0.717) is 49.6 Å². The van der Waals surface area contributed by atoms with E-state index in [4.69, 9.17) is 21.4 Å². The van der Waals surface area contributed by atoms with Crippen molar-refractivity contribution in [1.82, 2.24) is 14.9 Å². The number of nitrogens with zero attached hydrogens (tertiary/aromatic N) is 4. The molecule has 0 bridgehead atoms. The number of amides is 1. The molecule has 0 atom stereocenters. The largest absolute Gasteiger partial charge is 0.465 e. The SMILES string of the molecule is COCc1nc(Cl)cc(N2CCN(C(=O)O)CC2)n1. The second-order valence-electron chi connectivity index (χ2n) is 4.15. The second-order valence-corrected chi connectivity index (χ2v) is 4.54. The Morgan fingerprint density at radius 3 is 2.68 bits per heavy atom. The highest BCUT2D eigenvalue weighted by Gasteiger charge is 2.21. The van der Waals surface area contributed by atoms with Crippen LogP contribution in [-0.2, 0) is 11.3 Å².